The highest BCUT2D eigenvalue weighted by Crippen LogP contribution is 2.22. The first-order valence-corrected chi connectivity index (χ1v) is 5.81. The monoisotopic (exact) mass is 263 g/mol. The lowest BCUT2D eigenvalue weighted by Gasteiger charge is -1.99. The topological polar surface area (TPSA) is 76.5 Å². The van der Waals surface area contributed by atoms with Crippen LogP contribution in [0.4, 0.5) is 0 Å². The number of hydrogen-bond acceptors (Lipinski definition) is 4. The highest BCUT2D eigenvalue weighted by atomic mass is 16.1. The summed E-state index contributed by atoms with van der Waals surface area (Å²) >= 11 is 0. The molecule has 0 aliphatic rings. The van der Waals surface area contributed by atoms with Crippen molar-refractivity contribution in [2.45, 2.75) is 0 Å². The smallest absolute Gasteiger partial charge is 0.276 e. The number of aromatic amines is 1. The Hall–Kier alpha value is -3.20. The molecule has 0 saturated heterocycles. The molecule has 2 heterocycles. The normalized spacial score (nSPS) is 10.0. The lowest BCUT2D eigenvalue weighted by Crippen LogP contribution is -2.05. The third kappa shape index (κ3) is 1.97. The lowest BCUT2D eigenvalue weighted by molar-refractivity contribution is 0.0984. The molecule has 96 valence electrons. The van der Waals surface area contributed by atoms with Gasteiger partial charge in [-0.25, -0.2) is 0 Å². The number of carbonyl (C=O) groups excluding carboxylic acids is 1. The van der Waals surface area contributed by atoms with Crippen molar-refractivity contribution in [1.82, 2.24) is 25.2 Å². The van der Waals surface area contributed by atoms with Gasteiger partial charge in [0.1, 0.15) is 0 Å². The van der Waals surface area contributed by atoms with Crippen molar-refractivity contribution >= 4 is 16.8 Å². The molecule has 0 saturated carbocycles. The minimum atomic E-state index is -0.299. The minimum absolute atomic E-state index is 0.299. The van der Waals surface area contributed by atoms with Gasteiger partial charge < -0.3 is 0 Å². The predicted octanol–water partition coefficient (Wildman–Crippen LogP) is 1.65. The Morgan fingerprint density at radius 3 is 3.05 bits per heavy atom. The first-order valence-electron chi connectivity index (χ1n) is 5.81. The fraction of sp³-hybridized carbons (Fsp3) is 0. The molecule has 0 amide bonds. The van der Waals surface area contributed by atoms with Gasteiger partial charge in [0.25, 0.3) is 0 Å². The number of rotatable bonds is 1. The Morgan fingerprint density at radius 1 is 1.40 bits per heavy atom. The van der Waals surface area contributed by atoms with Gasteiger partial charge in [-0.15, -0.1) is 10.2 Å². The molecule has 0 fully saturated rings. The van der Waals surface area contributed by atoms with Gasteiger partial charge in [0, 0.05) is 23.1 Å². The van der Waals surface area contributed by atoms with E-state index in [1.807, 2.05) is 24.3 Å². The van der Waals surface area contributed by atoms with Crippen LogP contribution in [0, 0.1) is 11.8 Å². The molecule has 0 aliphatic heterocycles. The molecule has 3 aromatic rings. The van der Waals surface area contributed by atoms with E-state index in [0.717, 1.165) is 16.5 Å². The van der Waals surface area contributed by atoms with Crippen molar-refractivity contribution in [2.75, 3.05) is 0 Å². The molecule has 2 aromatic heterocycles. The van der Waals surface area contributed by atoms with Crippen molar-refractivity contribution in [2.24, 2.45) is 0 Å². The van der Waals surface area contributed by atoms with Crippen LogP contribution in [0.5, 0.6) is 0 Å². The van der Waals surface area contributed by atoms with E-state index in [1.165, 1.54) is 10.6 Å². The number of nitrogens with zero attached hydrogens (tertiary/aromatic N) is 4. The molecule has 6 heteroatoms. The van der Waals surface area contributed by atoms with E-state index >= 15 is 0 Å². The average Bonchev–Trinajstić information content (AvgIpc) is 3.12. The molecule has 1 aromatic carbocycles. The van der Waals surface area contributed by atoms with Crippen LogP contribution in [0.25, 0.3) is 22.3 Å². The third-order valence-corrected chi connectivity index (χ3v) is 2.79. The van der Waals surface area contributed by atoms with E-state index in [9.17, 15) is 4.79 Å². The number of tetrazole rings is 1. The third-order valence-electron chi connectivity index (χ3n) is 2.79. The van der Waals surface area contributed by atoms with Gasteiger partial charge in [0.2, 0.25) is 5.82 Å². The molecule has 0 aliphatic carbocycles. The van der Waals surface area contributed by atoms with Gasteiger partial charge in [0.15, 0.2) is 0 Å². The molecule has 1 N–H and O–H groups in total. The Balaban J connectivity index is 2.07. The second-order valence-corrected chi connectivity index (χ2v) is 3.97. The Bertz CT molecular complexity index is 849. The summed E-state index contributed by atoms with van der Waals surface area (Å²) in [6, 6.07) is 7.39. The van der Waals surface area contributed by atoms with Crippen LogP contribution in [0.15, 0.2) is 43.1 Å². The Kier molecular flexibility index (Phi) is 2.86. The quantitative estimate of drug-likeness (QED) is 0.677. The zero-order valence-electron chi connectivity index (χ0n) is 10.4. The minimum Gasteiger partial charge on any atom is -0.276 e. The van der Waals surface area contributed by atoms with Gasteiger partial charge in [-0.2, -0.15) is 5.21 Å². The Morgan fingerprint density at radius 2 is 2.30 bits per heavy atom. The van der Waals surface area contributed by atoms with Crippen LogP contribution in [0.1, 0.15) is 4.79 Å². The van der Waals surface area contributed by atoms with Crippen molar-refractivity contribution in [3.05, 3.63) is 43.1 Å². The van der Waals surface area contributed by atoms with E-state index in [-0.39, 0.29) is 5.91 Å². The van der Waals surface area contributed by atoms with Crippen LogP contribution in [0.3, 0.4) is 0 Å². The summed E-state index contributed by atoms with van der Waals surface area (Å²) in [5.74, 6) is 5.24. The highest BCUT2D eigenvalue weighted by Gasteiger charge is 2.09. The molecule has 6 nitrogen and oxygen atoms in total. The fourth-order valence-electron chi connectivity index (χ4n) is 1.92. The van der Waals surface area contributed by atoms with Crippen LogP contribution < -0.4 is 0 Å². The van der Waals surface area contributed by atoms with Crippen molar-refractivity contribution < 1.29 is 4.79 Å². The molecule has 20 heavy (non-hydrogen) atoms. The highest BCUT2D eigenvalue weighted by molar-refractivity contribution is 6.02. The molecule has 3 rings (SSSR count). The zero-order valence-corrected chi connectivity index (χ0v) is 10.4. The number of fused-ring (bicyclic) bond motifs is 1. The molecule has 0 bridgehead atoms. The van der Waals surface area contributed by atoms with Crippen LogP contribution in [0.2, 0.25) is 0 Å². The molecule has 0 spiro atoms. The van der Waals surface area contributed by atoms with E-state index in [0.29, 0.717) is 5.82 Å². The molecule has 0 atom stereocenters. The summed E-state index contributed by atoms with van der Waals surface area (Å²) in [7, 11) is 0. The average molecular weight is 263 g/mol. The predicted molar refractivity (Wildman–Crippen MR) is 73.7 cm³/mol. The first-order chi connectivity index (χ1) is 9.79. The summed E-state index contributed by atoms with van der Waals surface area (Å²) < 4.78 is 1.49. The van der Waals surface area contributed by atoms with E-state index in [1.54, 1.807) is 6.20 Å². The summed E-state index contributed by atoms with van der Waals surface area (Å²) in [6.07, 6.45) is 3.07. The summed E-state index contributed by atoms with van der Waals surface area (Å²) in [6.45, 7) is 3.46. The maximum atomic E-state index is 11.9. The summed E-state index contributed by atoms with van der Waals surface area (Å²) in [4.78, 5) is 11.9. The molecular weight excluding hydrogens is 254 g/mol. The van der Waals surface area contributed by atoms with Crippen LogP contribution in [-0.2, 0) is 0 Å². The van der Waals surface area contributed by atoms with Gasteiger partial charge >= 0.3 is 5.91 Å². The van der Waals surface area contributed by atoms with Crippen molar-refractivity contribution in [1.29, 1.82) is 0 Å². The van der Waals surface area contributed by atoms with Crippen molar-refractivity contribution in [3.8, 4) is 23.2 Å². The second-order valence-electron chi connectivity index (χ2n) is 3.97. The largest absolute Gasteiger partial charge is 0.307 e. The van der Waals surface area contributed by atoms with Gasteiger partial charge in [0.05, 0.1) is 5.52 Å². The van der Waals surface area contributed by atoms with E-state index in [4.69, 9.17) is 0 Å². The van der Waals surface area contributed by atoms with Crippen LogP contribution >= 0.6 is 0 Å². The number of hydrogen-bond donors (Lipinski definition) is 1. The maximum Gasteiger partial charge on any atom is 0.307 e. The molecule has 0 radical (unpaired) electrons. The number of carbonyl (C=O) groups is 1. The van der Waals surface area contributed by atoms with Crippen LogP contribution in [-0.4, -0.2) is 31.1 Å². The Labute approximate surface area is 114 Å². The van der Waals surface area contributed by atoms with E-state index < -0.39 is 0 Å². The first kappa shape index (κ1) is 11.9. The number of nitrogens with one attached hydrogen (secondary N) is 1. The van der Waals surface area contributed by atoms with Crippen molar-refractivity contribution in [3.63, 3.8) is 0 Å². The summed E-state index contributed by atoms with van der Waals surface area (Å²) in [5.41, 5.74) is 1.61. The maximum absolute atomic E-state index is 11.9. The number of benzene rings is 1. The lowest BCUT2D eigenvalue weighted by atomic mass is 10.1. The standard InChI is InChI=1S/C14H9N5O/c1-2-3-4-13(20)19-8-7-10-9-11(5-6-12(10)19)14-15-17-18-16-14/h2,5-9H,1H2,(H,15,16,17,18). The van der Waals surface area contributed by atoms with Gasteiger partial charge in [-0.1, -0.05) is 12.5 Å². The molecule has 0 unspecified atom stereocenters. The fourth-order valence-corrected chi connectivity index (χ4v) is 1.92. The number of aromatic nitrogens is 5. The number of H-pyrrole nitrogens is 1. The summed E-state index contributed by atoms with van der Waals surface area (Å²) in [5, 5.41) is 14.7. The molecular formula is C14H9N5O. The second kappa shape index (κ2) is 4.82. The van der Waals surface area contributed by atoms with Gasteiger partial charge in [-0.3, -0.25) is 9.36 Å². The zero-order chi connectivity index (χ0) is 13.9. The van der Waals surface area contributed by atoms with E-state index in [2.05, 4.69) is 39.0 Å². The van der Waals surface area contributed by atoms with Gasteiger partial charge in [-0.05, 0) is 35.6 Å². The number of allylic oxidation sites excluding steroid dienone is 1. The SMILES string of the molecule is C=CC#CC(=O)n1ccc2cc(-c3nn[nH]n3)ccc21.